The van der Waals surface area contributed by atoms with Crippen LogP contribution in [0.2, 0.25) is 0 Å². The summed E-state index contributed by atoms with van der Waals surface area (Å²) in [4.78, 5) is 27.7. The first-order valence-electron chi connectivity index (χ1n) is 10.5. The number of aryl methyl sites for hydroxylation is 1. The van der Waals surface area contributed by atoms with Gasteiger partial charge in [0.2, 0.25) is 0 Å². The monoisotopic (exact) mass is 431 g/mol. The Morgan fingerprint density at radius 3 is 2.47 bits per heavy atom. The first kappa shape index (κ1) is 21.4. The predicted molar refractivity (Wildman–Crippen MR) is 125 cm³/mol. The van der Waals surface area contributed by atoms with Crippen LogP contribution in [0.3, 0.4) is 0 Å². The molecule has 1 saturated heterocycles. The fraction of sp³-hybridized carbons (Fsp3) is 0.200. The van der Waals surface area contributed by atoms with Gasteiger partial charge in [0.05, 0.1) is 18.8 Å². The molecule has 0 spiro atoms. The van der Waals surface area contributed by atoms with Crippen LogP contribution < -0.4 is 15.5 Å². The number of nitrogens with zero attached hydrogens (tertiary/aromatic N) is 1. The van der Waals surface area contributed by atoms with E-state index in [1.807, 2.05) is 31.2 Å². The molecule has 0 bridgehead atoms. The maximum Gasteiger partial charge on any atom is 0.259 e. The number of phenols is 1. The molecule has 0 atom stereocenters. The Balaban J connectivity index is 1.49. The van der Waals surface area contributed by atoms with Crippen LogP contribution in [-0.4, -0.2) is 43.2 Å². The third-order valence-corrected chi connectivity index (χ3v) is 5.38. The van der Waals surface area contributed by atoms with E-state index in [-0.39, 0.29) is 17.2 Å². The topological polar surface area (TPSA) is 90.9 Å². The molecule has 1 aliphatic rings. The molecule has 32 heavy (non-hydrogen) atoms. The van der Waals surface area contributed by atoms with E-state index in [9.17, 15) is 14.7 Å². The highest BCUT2D eigenvalue weighted by atomic mass is 16.5. The normalized spacial score (nSPS) is 13.5. The summed E-state index contributed by atoms with van der Waals surface area (Å²) in [7, 11) is 0. The number of hydrogen-bond acceptors (Lipinski definition) is 5. The minimum atomic E-state index is -0.443. The molecule has 0 unspecified atom stereocenters. The highest BCUT2D eigenvalue weighted by Crippen LogP contribution is 2.24. The minimum Gasteiger partial charge on any atom is -0.507 e. The third kappa shape index (κ3) is 4.90. The fourth-order valence-corrected chi connectivity index (χ4v) is 3.56. The number of anilines is 3. The largest absolute Gasteiger partial charge is 0.507 e. The van der Waals surface area contributed by atoms with Crippen LogP contribution >= 0.6 is 0 Å². The molecule has 1 heterocycles. The van der Waals surface area contributed by atoms with Gasteiger partial charge in [-0.25, -0.2) is 0 Å². The molecular weight excluding hydrogens is 406 g/mol. The summed E-state index contributed by atoms with van der Waals surface area (Å²) in [6.45, 7) is 4.85. The van der Waals surface area contributed by atoms with E-state index in [0.717, 1.165) is 24.3 Å². The van der Waals surface area contributed by atoms with Crippen molar-refractivity contribution >= 4 is 28.9 Å². The van der Waals surface area contributed by atoms with E-state index in [1.54, 1.807) is 30.3 Å². The Labute approximate surface area is 186 Å². The van der Waals surface area contributed by atoms with E-state index in [2.05, 4.69) is 15.5 Å². The lowest BCUT2D eigenvalue weighted by Gasteiger charge is -2.29. The second-order valence-corrected chi connectivity index (χ2v) is 7.60. The van der Waals surface area contributed by atoms with E-state index in [1.165, 1.54) is 12.1 Å². The van der Waals surface area contributed by atoms with Crippen molar-refractivity contribution in [3.8, 4) is 5.75 Å². The number of carbonyl (C=O) groups is 2. The van der Waals surface area contributed by atoms with Crippen molar-refractivity contribution in [2.75, 3.05) is 41.8 Å². The van der Waals surface area contributed by atoms with Gasteiger partial charge in [0.1, 0.15) is 5.75 Å². The van der Waals surface area contributed by atoms with Gasteiger partial charge in [-0.2, -0.15) is 0 Å². The molecule has 7 nitrogen and oxygen atoms in total. The summed E-state index contributed by atoms with van der Waals surface area (Å²) in [5.74, 6) is -0.819. The maximum absolute atomic E-state index is 12.9. The van der Waals surface area contributed by atoms with Crippen LogP contribution in [0, 0.1) is 6.92 Å². The van der Waals surface area contributed by atoms with E-state index < -0.39 is 5.91 Å². The van der Waals surface area contributed by atoms with Crippen molar-refractivity contribution in [2.45, 2.75) is 6.92 Å². The number of para-hydroxylation sites is 1. The number of morpholine rings is 1. The zero-order valence-electron chi connectivity index (χ0n) is 17.8. The average molecular weight is 431 g/mol. The van der Waals surface area contributed by atoms with Crippen molar-refractivity contribution in [1.29, 1.82) is 0 Å². The van der Waals surface area contributed by atoms with Gasteiger partial charge < -0.3 is 25.4 Å². The van der Waals surface area contributed by atoms with Crippen molar-refractivity contribution in [3.05, 3.63) is 83.4 Å². The first-order valence-corrected chi connectivity index (χ1v) is 10.5. The van der Waals surface area contributed by atoms with Gasteiger partial charge in [0.15, 0.2) is 0 Å². The zero-order chi connectivity index (χ0) is 22.5. The second kappa shape index (κ2) is 9.53. The summed E-state index contributed by atoms with van der Waals surface area (Å²) >= 11 is 0. The van der Waals surface area contributed by atoms with Gasteiger partial charge in [0.25, 0.3) is 11.8 Å². The van der Waals surface area contributed by atoms with Crippen LogP contribution in [0.1, 0.15) is 26.3 Å². The molecule has 0 aliphatic carbocycles. The number of carbonyl (C=O) groups excluding carboxylic acids is 2. The van der Waals surface area contributed by atoms with Gasteiger partial charge in [-0.05, 0) is 55.0 Å². The van der Waals surface area contributed by atoms with Gasteiger partial charge in [0, 0.05) is 35.7 Å². The molecule has 0 radical (unpaired) electrons. The van der Waals surface area contributed by atoms with Gasteiger partial charge in [-0.15, -0.1) is 0 Å². The van der Waals surface area contributed by atoms with Crippen molar-refractivity contribution in [3.63, 3.8) is 0 Å². The van der Waals surface area contributed by atoms with Crippen molar-refractivity contribution < 1.29 is 19.4 Å². The maximum atomic E-state index is 12.9. The highest BCUT2D eigenvalue weighted by molar-refractivity contribution is 6.08. The Morgan fingerprint density at radius 2 is 1.69 bits per heavy atom. The molecule has 2 amide bonds. The molecule has 0 aromatic heterocycles. The number of benzene rings is 3. The number of phenolic OH excluding ortho intramolecular Hbond substituents is 1. The van der Waals surface area contributed by atoms with E-state index in [4.69, 9.17) is 4.74 Å². The summed E-state index contributed by atoms with van der Waals surface area (Å²) in [6.07, 6.45) is 0. The number of hydrogen-bond donors (Lipinski definition) is 3. The molecule has 3 aromatic carbocycles. The lowest BCUT2D eigenvalue weighted by atomic mass is 10.1. The number of amides is 2. The standard InChI is InChI=1S/C25H25N3O4/c1-17-9-10-18(15-22(17)27-25(31)21-7-2-3-8-23(21)29)24(30)26-19-5-4-6-20(16-19)28-11-13-32-14-12-28/h2-10,15-16,29H,11-14H2,1H3,(H,26,30)(H,27,31). The van der Waals surface area contributed by atoms with Crippen LogP contribution in [-0.2, 0) is 4.74 Å². The summed E-state index contributed by atoms with van der Waals surface area (Å²) < 4.78 is 5.40. The quantitative estimate of drug-likeness (QED) is 0.567. The molecule has 3 N–H and O–H groups in total. The van der Waals surface area contributed by atoms with Crippen LogP contribution in [0.5, 0.6) is 5.75 Å². The smallest absolute Gasteiger partial charge is 0.259 e. The van der Waals surface area contributed by atoms with Crippen LogP contribution in [0.4, 0.5) is 17.1 Å². The minimum absolute atomic E-state index is 0.100. The fourth-order valence-electron chi connectivity index (χ4n) is 3.56. The molecule has 3 aromatic rings. The molecule has 1 aliphatic heterocycles. The average Bonchev–Trinajstić information content (AvgIpc) is 2.81. The van der Waals surface area contributed by atoms with Crippen LogP contribution in [0.25, 0.3) is 0 Å². The predicted octanol–water partition coefficient (Wildman–Crippen LogP) is 4.04. The zero-order valence-corrected chi connectivity index (χ0v) is 17.8. The SMILES string of the molecule is Cc1ccc(C(=O)Nc2cccc(N3CCOCC3)c2)cc1NC(=O)c1ccccc1O. The molecular formula is C25H25N3O4. The lowest BCUT2D eigenvalue weighted by molar-refractivity contribution is 0.101. The molecule has 0 saturated carbocycles. The lowest BCUT2D eigenvalue weighted by Crippen LogP contribution is -2.36. The Hall–Kier alpha value is -3.84. The van der Waals surface area contributed by atoms with E-state index in [0.29, 0.717) is 30.2 Å². The molecule has 164 valence electrons. The first-order chi connectivity index (χ1) is 15.5. The number of nitrogens with one attached hydrogen (secondary N) is 2. The highest BCUT2D eigenvalue weighted by Gasteiger charge is 2.15. The summed E-state index contributed by atoms with van der Waals surface area (Å²) in [5, 5.41) is 15.6. The summed E-state index contributed by atoms with van der Waals surface area (Å²) in [6, 6.07) is 19.2. The van der Waals surface area contributed by atoms with Gasteiger partial charge in [-0.3, -0.25) is 9.59 Å². The van der Waals surface area contributed by atoms with Crippen molar-refractivity contribution in [1.82, 2.24) is 0 Å². The Kier molecular flexibility index (Phi) is 6.37. The van der Waals surface area contributed by atoms with Gasteiger partial charge in [-0.1, -0.05) is 24.3 Å². The molecule has 1 fully saturated rings. The second-order valence-electron chi connectivity index (χ2n) is 7.60. The number of rotatable bonds is 5. The number of aromatic hydroxyl groups is 1. The Bertz CT molecular complexity index is 1140. The van der Waals surface area contributed by atoms with Gasteiger partial charge >= 0.3 is 0 Å². The Morgan fingerprint density at radius 1 is 0.906 bits per heavy atom. The third-order valence-electron chi connectivity index (χ3n) is 5.38. The number of ether oxygens (including phenoxy) is 1. The van der Waals surface area contributed by atoms with E-state index >= 15 is 0 Å². The van der Waals surface area contributed by atoms with Crippen LogP contribution in [0.15, 0.2) is 66.7 Å². The molecule has 7 heteroatoms. The summed E-state index contributed by atoms with van der Waals surface area (Å²) in [5.41, 5.74) is 3.62. The van der Waals surface area contributed by atoms with Crippen molar-refractivity contribution in [2.24, 2.45) is 0 Å². The molecule has 4 rings (SSSR count).